The number of hydrogen-bond acceptors (Lipinski definition) is 3. The van der Waals surface area contributed by atoms with E-state index in [2.05, 4.69) is 6.92 Å². The normalized spacial score (nSPS) is 10.7. The van der Waals surface area contributed by atoms with Gasteiger partial charge in [-0.3, -0.25) is 4.79 Å². The van der Waals surface area contributed by atoms with Crippen molar-refractivity contribution < 1.29 is 20.1 Å². The molecule has 0 bridgehead atoms. The number of rotatable bonds is 18. The highest BCUT2D eigenvalue weighted by Crippen LogP contribution is 2.14. The monoisotopic (exact) mass is 374 g/mol. The van der Waals surface area contributed by atoms with Crippen LogP contribution in [-0.2, 0) is 4.79 Å². The zero-order chi connectivity index (χ0) is 19.9. The van der Waals surface area contributed by atoms with Crippen LogP contribution in [0.1, 0.15) is 129 Å². The maximum atomic E-state index is 9.00. The molecule has 0 unspecified atom stereocenters. The van der Waals surface area contributed by atoms with Gasteiger partial charge in [0.25, 0.3) is 5.97 Å². The number of aliphatic carboxylic acids is 1. The maximum absolute atomic E-state index is 9.00. The van der Waals surface area contributed by atoms with Crippen LogP contribution in [0.5, 0.6) is 0 Å². The van der Waals surface area contributed by atoms with Crippen molar-refractivity contribution in [2.75, 3.05) is 0 Å². The van der Waals surface area contributed by atoms with Gasteiger partial charge in [-0.05, 0) is 12.8 Å². The number of carbonyl (C=O) groups is 1. The third-order valence-electron chi connectivity index (χ3n) is 4.57. The van der Waals surface area contributed by atoms with Crippen LogP contribution in [0.15, 0.2) is 0 Å². The maximum Gasteiger partial charge on any atom is 0.300 e. The van der Waals surface area contributed by atoms with Gasteiger partial charge in [0.2, 0.25) is 0 Å². The molecule has 4 heteroatoms. The van der Waals surface area contributed by atoms with E-state index in [-0.39, 0.29) is 0 Å². The summed E-state index contributed by atoms with van der Waals surface area (Å²) in [5, 5.41) is 24.9. The SMILES string of the molecule is CC(=O)O.CCCCCCCCCCCCCCCCCCCC(O)O. The first-order chi connectivity index (χ1) is 12.5. The van der Waals surface area contributed by atoms with Crippen molar-refractivity contribution in [3.63, 3.8) is 0 Å². The number of carboxylic acids is 1. The molecular formula is C22H46O4. The molecule has 26 heavy (non-hydrogen) atoms. The predicted molar refractivity (Wildman–Crippen MR) is 110 cm³/mol. The molecular weight excluding hydrogens is 328 g/mol. The van der Waals surface area contributed by atoms with Gasteiger partial charge in [0.15, 0.2) is 6.29 Å². The van der Waals surface area contributed by atoms with Gasteiger partial charge in [0.05, 0.1) is 0 Å². The molecule has 0 aliphatic carbocycles. The van der Waals surface area contributed by atoms with E-state index in [1.807, 2.05) is 0 Å². The van der Waals surface area contributed by atoms with Crippen molar-refractivity contribution in [1.82, 2.24) is 0 Å². The van der Waals surface area contributed by atoms with Gasteiger partial charge in [-0.1, -0.05) is 110 Å². The smallest absolute Gasteiger partial charge is 0.300 e. The molecule has 3 N–H and O–H groups in total. The van der Waals surface area contributed by atoms with Gasteiger partial charge in [-0.2, -0.15) is 0 Å². The highest BCUT2D eigenvalue weighted by atomic mass is 16.5. The topological polar surface area (TPSA) is 77.8 Å². The Kier molecular flexibility index (Phi) is 25.9. The van der Waals surface area contributed by atoms with E-state index in [1.165, 1.54) is 96.3 Å². The Balaban J connectivity index is 0. The lowest BCUT2D eigenvalue weighted by atomic mass is 10.0. The molecule has 0 spiro atoms. The minimum atomic E-state index is -1.10. The first-order valence-corrected chi connectivity index (χ1v) is 11.1. The lowest BCUT2D eigenvalue weighted by Crippen LogP contribution is -2.02. The quantitative estimate of drug-likeness (QED) is 0.191. The fraction of sp³-hybridized carbons (Fsp3) is 0.955. The zero-order valence-corrected chi connectivity index (χ0v) is 17.6. The molecule has 0 atom stereocenters. The Morgan fingerprint density at radius 1 is 0.615 bits per heavy atom. The van der Waals surface area contributed by atoms with Crippen LogP contribution in [0.25, 0.3) is 0 Å². The second-order valence-electron chi connectivity index (χ2n) is 7.45. The molecule has 0 fully saturated rings. The molecule has 0 rings (SSSR count). The van der Waals surface area contributed by atoms with E-state index in [9.17, 15) is 0 Å². The van der Waals surface area contributed by atoms with Crippen LogP contribution in [0, 0.1) is 0 Å². The van der Waals surface area contributed by atoms with E-state index in [0.29, 0.717) is 6.42 Å². The molecule has 0 aliphatic rings. The summed E-state index contributed by atoms with van der Waals surface area (Å²) in [5.74, 6) is -0.833. The van der Waals surface area contributed by atoms with Crippen molar-refractivity contribution >= 4 is 5.97 Å². The van der Waals surface area contributed by atoms with E-state index >= 15 is 0 Å². The summed E-state index contributed by atoms with van der Waals surface area (Å²) >= 11 is 0. The summed E-state index contributed by atoms with van der Waals surface area (Å²) in [6, 6.07) is 0. The molecule has 0 aliphatic heterocycles. The molecule has 0 radical (unpaired) electrons. The molecule has 0 aromatic heterocycles. The van der Waals surface area contributed by atoms with E-state index < -0.39 is 12.3 Å². The van der Waals surface area contributed by atoms with Crippen LogP contribution in [0.2, 0.25) is 0 Å². The first-order valence-electron chi connectivity index (χ1n) is 11.1. The lowest BCUT2D eigenvalue weighted by molar-refractivity contribution is -0.134. The van der Waals surface area contributed by atoms with Crippen molar-refractivity contribution in [3.05, 3.63) is 0 Å². The molecule has 0 saturated heterocycles. The molecule has 0 heterocycles. The Bertz CT molecular complexity index is 263. The van der Waals surface area contributed by atoms with Crippen molar-refractivity contribution in [2.24, 2.45) is 0 Å². The molecule has 0 saturated carbocycles. The third-order valence-corrected chi connectivity index (χ3v) is 4.57. The van der Waals surface area contributed by atoms with E-state index in [4.69, 9.17) is 20.1 Å². The number of aliphatic hydroxyl groups excluding tert-OH is 1. The minimum Gasteiger partial charge on any atom is -0.481 e. The average Bonchev–Trinajstić information content (AvgIpc) is 2.57. The van der Waals surface area contributed by atoms with Gasteiger partial charge in [-0.25, -0.2) is 0 Å². The van der Waals surface area contributed by atoms with Crippen molar-refractivity contribution in [1.29, 1.82) is 0 Å². The number of hydrogen-bond donors (Lipinski definition) is 3. The zero-order valence-electron chi connectivity index (χ0n) is 17.6. The highest BCUT2D eigenvalue weighted by Gasteiger charge is 1.97. The van der Waals surface area contributed by atoms with Crippen LogP contribution >= 0.6 is 0 Å². The number of aliphatic hydroxyl groups is 2. The number of carboxylic acid groups (broad SMARTS) is 1. The standard InChI is InChI=1S/C20H42O2.C2H4O2/c1-2-3-4-5-6-7-8-9-10-11-12-13-14-15-16-17-18-19-20(21)22;1-2(3)4/h20-22H,2-19H2,1H3;1H3,(H,3,4). The molecule has 4 nitrogen and oxygen atoms in total. The largest absolute Gasteiger partial charge is 0.481 e. The fourth-order valence-electron chi connectivity index (χ4n) is 3.05. The van der Waals surface area contributed by atoms with Crippen molar-refractivity contribution in [3.8, 4) is 0 Å². The molecule has 158 valence electrons. The Morgan fingerprint density at radius 2 is 0.846 bits per heavy atom. The minimum absolute atomic E-state index is 0.540. The molecule has 0 aromatic carbocycles. The van der Waals surface area contributed by atoms with Gasteiger partial charge >= 0.3 is 0 Å². The van der Waals surface area contributed by atoms with Gasteiger partial charge in [0.1, 0.15) is 0 Å². The van der Waals surface area contributed by atoms with Crippen LogP contribution in [0.3, 0.4) is 0 Å². The Morgan fingerprint density at radius 3 is 1.08 bits per heavy atom. The summed E-state index contributed by atoms with van der Waals surface area (Å²) in [7, 11) is 0. The average molecular weight is 375 g/mol. The van der Waals surface area contributed by atoms with Crippen LogP contribution in [0.4, 0.5) is 0 Å². The lowest BCUT2D eigenvalue weighted by Gasteiger charge is -2.04. The second-order valence-corrected chi connectivity index (χ2v) is 7.45. The first kappa shape index (κ1) is 27.6. The van der Waals surface area contributed by atoms with Crippen LogP contribution < -0.4 is 0 Å². The molecule has 0 amide bonds. The summed E-state index contributed by atoms with van der Waals surface area (Å²) in [5.41, 5.74) is 0. The predicted octanol–water partition coefficient (Wildman–Crippen LogP) is 6.43. The fourth-order valence-corrected chi connectivity index (χ4v) is 3.05. The van der Waals surface area contributed by atoms with Gasteiger partial charge in [0, 0.05) is 6.92 Å². The van der Waals surface area contributed by atoms with Crippen LogP contribution in [-0.4, -0.2) is 27.6 Å². The highest BCUT2D eigenvalue weighted by molar-refractivity contribution is 5.62. The second kappa shape index (κ2) is 24.4. The summed E-state index contributed by atoms with van der Waals surface area (Å²) in [6.07, 6.45) is 22.6. The summed E-state index contributed by atoms with van der Waals surface area (Å²) in [4.78, 5) is 9.00. The van der Waals surface area contributed by atoms with Gasteiger partial charge in [-0.15, -0.1) is 0 Å². The van der Waals surface area contributed by atoms with Gasteiger partial charge < -0.3 is 15.3 Å². The summed E-state index contributed by atoms with van der Waals surface area (Å²) < 4.78 is 0. The third kappa shape index (κ3) is 34.7. The van der Waals surface area contributed by atoms with E-state index in [0.717, 1.165) is 19.8 Å². The molecule has 0 aromatic rings. The Labute approximate surface area is 162 Å². The number of unbranched alkanes of at least 4 members (excludes halogenated alkanes) is 16. The van der Waals surface area contributed by atoms with Crippen molar-refractivity contribution in [2.45, 2.75) is 136 Å². The van der Waals surface area contributed by atoms with E-state index in [1.54, 1.807) is 0 Å². The summed E-state index contributed by atoms with van der Waals surface area (Å²) in [6.45, 7) is 3.36. The Hall–Kier alpha value is -0.610.